The molecule has 3 nitrogen and oxygen atoms in total. The van der Waals surface area contributed by atoms with Crippen molar-refractivity contribution < 1.29 is 18.3 Å². The Morgan fingerprint density at radius 2 is 2.16 bits per heavy atom. The molecule has 1 aromatic rings. The van der Waals surface area contributed by atoms with Gasteiger partial charge in [0.15, 0.2) is 11.6 Å². The van der Waals surface area contributed by atoms with E-state index in [2.05, 4.69) is 10.1 Å². The fraction of sp³-hybridized carbons (Fsp3) is 0.462. The van der Waals surface area contributed by atoms with Crippen molar-refractivity contribution in [2.75, 3.05) is 19.4 Å². The van der Waals surface area contributed by atoms with Crippen LogP contribution in [0.25, 0.3) is 0 Å². The average molecular weight is 289 g/mol. The van der Waals surface area contributed by atoms with E-state index in [0.29, 0.717) is 23.6 Å². The summed E-state index contributed by atoms with van der Waals surface area (Å²) in [7, 11) is 1.34. The molecule has 1 N–H and O–H groups in total. The summed E-state index contributed by atoms with van der Waals surface area (Å²) < 4.78 is 30.4. The molecule has 0 aromatic heterocycles. The second-order valence-corrected chi connectivity index (χ2v) is 5.01. The maximum Gasteiger partial charge on any atom is 0.322 e. The number of halogens is 2. The third-order valence-electron chi connectivity index (χ3n) is 2.50. The largest absolute Gasteiger partial charge is 0.468 e. The van der Waals surface area contributed by atoms with Gasteiger partial charge in [-0.05, 0) is 31.2 Å². The number of esters is 1. The molecule has 0 bridgehead atoms. The Balaban J connectivity index is 2.47. The number of ether oxygens (including phenoxy) is 1. The van der Waals surface area contributed by atoms with E-state index in [1.807, 2.05) is 6.92 Å². The lowest BCUT2D eigenvalue weighted by Crippen LogP contribution is -2.37. The molecule has 0 fully saturated rings. The van der Waals surface area contributed by atoms with E-state index in [4.69, 9.17) is 0 Å². The number of benzene rings is 1. The van der Waals surface area contributed by atoms with Gasteiger partial charge in [-0.2, -0.15) is 0 Å². The van der Waals surface area contributed by atoms with Crippen LogP contribution in [0.4, 0.5) is 8.78 Å². The van der Waals surface area contributed by atoms with Gasteiger partial charge in [0.2, 0.25) is 0 Å². The highest BCUT2D eigenvalue weighted by Gasteiger charge is 2.17. The molecule has 0 heterocycles. The molecule has 0 amide bonds. The van der Waals surface area contributed by atoms with Gasteiger partial charge in [-0.3, -0.25) is 4.79 Å². The number of hydrogen-bond donors (Lipinski definition) is 1. The monoisotopic (exact) mass is 289 g/mol. The van der Waals surface area contributed by atoms with Crippen molar-refractivity contribution in [3.05, 3.63) is 29.8 Å². The molecule has 1 aromatic carbocycles. The molecule has 106 valence electrons. The lowest BCUT2D eigenvalue weighted by molar-refractivity contribution is -0.143. The lowest BCUT2D eigenvalue weighted by Gasteiger charge is -2.14. The summed E-state index contributed by atoms with van der Waals surface area (Å²) in [6, 6.07) is 3.40. The van der Waals surface area contributed by atoms with Gasteiger partial charge in [-0.15, -0.1) is 11.8 Å². The number of nitrogens with one attached hydrogen (secondary N) is 1. The van der Waals surface area contributed by atoms with Crippen molar-refractivity contribution in [2.45, 2.75) is 24.3 Å². The number of rotatable bonds is 7. The minimum Gasteiger partial charge on any atom is -0.468 e. The quantitative estimate of drug-likeness (QED) is 0.618. The molecule has 0 aliphatic rings. The van der Waals surface area contributed by atoms with Crippen LogP contribution in [-0.2, 0) is 9.53 Å². The molecule has 1 unspecified atom stereocenters. The summed E-state index contributed by atoms with van der Waals surface area (Å²) in [5, 5.41) is 3.02. The van der Waals surface area contributed by atoms with Gasteiger partial charge in [0.25, 0.3) is 0 Å². The molecule has 0 aliphatic heterocycles. The molecule has 0 saturated heterocycles. The fourth-order valence-electron chi connectivity index (χ4n) is 1.55. The van der Waals surface area contributed by atoms with Crippen molar-refractivity contribution >= 4 is 17.7 Å². The summed E-state index contributed by atoms with van der Waals surface area (Å²) in [4.78, 5) is 12.1. The van der Waals surface area contributed by atoms with Crippen molar-refractivity contribution in [3.8, 4) is 0 Å². The normalized spacial score (nSPS) is 12.2. The van der Waals surface area contributed by atoms with Crippen LogP contribution in [0.2, 0.25) is 0 Å². The highest BCUT2D eigenvalue weighted by atomic mass is 32.2. The highest BCUT2D eigenvalue weighted by Crippen LogP contribution is 2.21. The van der Waals surface area contributed by atoms with E-state index in [-0.39, 0.29) is 12.0 Å². The summed E-state index contributed by atoms with van der Waals surface area (Å²) >= 11 is 1.37. The first-order chi connectivity index (χ1) is 9.08. The maximum atomic E-state index is 13.0. The van der Waals surface area contributed by atoms with Crippen LogP contribution in [-0.4, -0.2) is 31.4 Å². The fourth-order valence-corrected chi connectivity index (χ4v) is 2.49. The minimum atomic E-state index is -0.860. The molecule has 0 aliphatic carbocycles. The van der Waals surface area contributed by atoms with E-state index in [1.54, 1.807) is 0 Å². The standard InChI is InChI=1S/C13H17F2NO2S/c1-3-16-12(13(17)18-2)6-7-19-9-4-5-10(14)11(15)8-9/h4-5,8,12,16H,3,6-7H2,1-2H3. The number of thioether (sulfide) groups is 1. The van der Waals surface area contributed by atoms with Crippen LogP contribution in [0, 0.1) is 11.6 Å². The average Bonchev–Trinajstić information content (AvgIpc) is 2.41. The van der Waals surface area contributed by atoms with Gasteiger partial charge >= 0.3 is 5.97 Å². The molecule has 6 heteroatoms. The van der Waals surface area contributed by atoms with Gasteiger partial charge in [0.05, 0.1) is 7.11 Å². The van der Waals surface area contributed by atoms with Gasteiger partial charge < -0.3 is 10.1 Å². The minimum absolute atomic E-state index is 0.312. The Morgan fingerprint density at radius 1 is 1.42 bits per heavy atom. The second-order valence-electron chi connectivity index (χ2n) is 3.85. The number of likely N-dealkylation sites (N-methyl/N-ethyl adjacent to an activating group) is 1. The number of methoxy groups -OCH3 is 1. The van der Waals surface area contributed by atoms with E-state index in [0.717, 1.165) is 12.1 Å². The first-order valence-electron chi connectivity index (χ1n) is 5.97. The Labute approximate surface area is 115 Å². The van der Waals surface area contributed by atoms with Crippen molar-refractivity contribution in [1.29, 1.82) is 0 Å². The van der Waals surface area contributed by atoms with Crippen molar-refractivity contribution in [2.24, 2.45) is 0 Å². The molecule has 19 heavy (non-hydrogen) atoms. The summed E-state index contributed by atoms with van der Waals surface area (Å²) in [5.74, 6) is -1.42. The molecule has 1 rings (SSSR count). The first kappa shape index (κ1) is 15.9. The number of carbonyl (C=O) groups is 1. The van der Waals surface area contributed by atoms with E-state index in [9.17, 15) is 13.6 Å². The third-order valence-corrected chi connectivity index (χ3v) is 3.53. The van der Waals surface area contributed by atoms with Gasteiger partial charge in [0.1, 0.15) is 6.04 Å². The third kappa shape index (κ3) is 5.16. The number of carbonyl (C=O) groups excluding carboxylic acids is 1. The molecule has 0 saturated carbocycles. The van der Waals surface area contributed by atoms with E-state index >= 15 is 0 Å². The Kier molecular flexibility index (Phi) is 6.80. The Hall–Kier alpha value is -1.14. The van der Waals surface area contributed by atoms with Crippen molar-refractivity contribution in [1.82, 2.24) is 5.32 Å². The highest BCUT2D eigenvalue weighted by molar-refractivity contribution is 7.99. The van der Waals surface area contributed by atoms with Gasteiger partial charge in [-0.1, -0.05) is 6.92 Å². The molecule has 1 atom stereocenters. The van der Waals surface area contributed by atoms with E-state index in [1.165, 1.54) is 24.9 Å². The smallest absolute Gasteiger partial charge is 0.322 e. The van der Waals surface area contributed by atoms with Crippen molar-refractivity contribution in [3.63, 3.8) is 0 Å². The summed E-state index contributed by atoms with van der Waals surface area (Å²) in [6.45, 7) is 2.56. The first-order valence-corrected chi connectivity index (χ1v) is 6.96. The molecular weight excluding hydrogens is 272 g/mol. The molecular formula is C13H17F2NO2S. The van der Waals surface area contributed by atoms with Crippen LogP contribution < -0.4 is 5.32 Å². The Bertz CT molecular complexity index is 429. The predicted octanol–water partition coefficient (Wildman–Crippen LogP) is 2.60. The summed E-state index contributed by atoms with van der Waals surface area (Å²) in [5.41, 5.74) is 0. The summed E-state index contributed by atoms with van der Waals surface area (Å²) in [6.07, 6.45) is 0.560. The van der Waals surface area contributed by atoms with Gasteiger partial charge in [0, 0.05) is 10.6 Å². The zero-order chi connectivity index (χ0) is 14.3. The zero-order valence-electron chi connectivity index (χ0n) is 10.9. The molecule has 0 spiro atoms. The second kappa shape index (κ2) is 8.12. The lowest BCUT2D eigenvalue weighted by atomic mass is 10.2. The van der Waals surface area contributed by atoms with Crippen LogP contribution in [0.3, 0.4) is 0 Å². The maximum absolute atomic E-state index is 13.0. The molecule has 0 radical (unpaired) electrons. The SMILES string of the molecule is CCNC(CCSc1ccc(F)c(F)c1)C(=O)OC. The predicted molar refractivity (Wildman–Crippen MR) is 71.2 cm³/mol. The zero-order valence-corrected chi connectivity index (χ0v) is 11.7. The van der Waals surface area contributed by atoms with Crippen LogP contribution in [0.1, 0.15) is 13.3 Å². The van der Waals surface area contributed by atoms with Crippen LogP contribution in [0.15, 0.2) is 23.1 Å². The van der Waals surface area contributed by atoms with E-state index < -0.39 is 11.6 Å². The topological polar surface area (TPSA) is 38.3 Å². The van der Waals surface area contributed by atoms with Gasteiger partial charge in [-0.25, -0.2) is 8.78 Å². The Morgan fingerprint density at radius 3 is 2.74 bits per heavy atom. The van der Waals surface area contributed by atoms with Crippen LogP contribution in [0.5, 0.6) is 0 Å². The van der Waals surface area contributed by atoms with Crippen LogP contribution >= 0.6 is 11.8 Å². The number of hydrogen-bond acceptors (Lipinski definition) is 4.